The minimum absolute atomic E-state index is 0.0116. The third-order valence-electron chi connectivity index (χ3n) is 5.86. The van der Waals surface area contributed by atoms with Crippen molar-refractivity contribution in [3.63, 3.8) is 0 Å². The average Bonchev–Trinajstić information content (AvgIpc) is 3.20. The normalized spacial score (nSPS) is 21.2. The van der Waals surface area contributed by atoms with Crippen LogP contribution in [0.4, 0.5) is 5.69 Å². The van der Waals surface area contributed by atoms with Crippen molar-refractivity contribution in [3.05, 3.63) is 41.5 Å². The Hall–Kier alpha value is -3.46. The summed E-state index contributed by atoms with van der Waals surface area (Å²) in [4.78, 5) is 25.5. The number of anilines is 1. The zero-order chi connectivity index (χ0) is 22.2. The van der Waals surface area contributed by atoms with Gasteiger partial charge in [0.2, 0.25) is 12.5 Å². The fourth-order valence-electron chi connectivity index (χ4n) is 4.43. The lowest BCUT2D eigenvalue weighted by molar-refractivity contribution is -0.924. The van der Waals surface area contributed by atoms with E-state index in [9.17, 15) is 9.59 Å². The van der Waals surface area contributed by atoms with E-state index in [1.807, 2.05) is 13.1 Å². The SMILES string of the molecule is COc1ccc(NC(=O)[C@H]2c3c(cc4c(c3OC)OCO4)CC[N+]2(C)CC(N)=O)cc1. The quantitative estimate of drug-likeness (QED) is 0.677. The molecule has 3 N–H and O–H groups in total. The molecule has 1 unspecified atom stereocenters. The standard InChI is InChI=1S/C22H25N3O6/c1-25(11-17(23)26)9-8-13-10-16-20(31-12-30-16)21(29-3)18(13)19(25)22(27)24-14-4-6-15(28-2)7-5-14/h4-7,10,19H,8-9,11-12H2,1-3H3,(H2-,23,24,26,27)/p+1/t19-,25?/m1/s1. The van der Waals surface area contributed by atoms with Crippen LogP contribution in [0.25, 0.3) is 0 Å². The summed E-state index contributed by atoms with van der Waals surface area (Å²) in [5, 5.41) is 2.96. The summed E-state index contributed by atoms with van der Waals surface area (Å²) in [6.07, 6.45) is 0.637. The molecule has 2 atom stereocenters. The van der Waals surface area contributed by atoms with Gasteiger partial charge in [0.1, 0.15) is 5.75 Å². The molecule has 0 fully saturated rings. The number of amides is 2. The van der Waals surface area contributed by atoms with Crippen LogP contribution in [0.15, 0.2) is 30.3 Å². The van der Waals surface area contributed by atoms with Crippen molar-refractivity contribution in [2.45, 2.75) is 12.5 Å². The van der Waals surface area contributed by atoms with Crippen LogP contribution in [0.2, 0.25) is 0 Å². The summed E-state index contributed by atoms with van der Waals surface area (Å²) >= 11 is 0. The van der Waals surface area contributed by atoms with E-state index in [2.05, 4.69) is 5.32 Å². The number of hydrogen-bond donors (Lipinski definition) is 2. The number of quaternary nitrogens is 1. The summed E-state index contributed by atoms with van der Waals surface area (Å²) in [6.45, 7) is 0.655. The number of carbonyl (C=O) groups excluding carboxylic acids is 2. The van der Waals surface area contributed by atoms with E-state index >= 15 is 0 Å². The highest BCUT2D eigenvalue weighted by Gasteiger charge is 2.48. The van der Waals surface area contributed by atoms with Crippen molar-refractivity contribution < 1.29 is 33.0 Å². The summed E-state index contributed by atoms with van der Waals surface area (Å²) in [6, 6.07) is 8.21. The molecular weight excluding hydrogens is 402 g/mol. The van der Waals surface area contributed by atoms with Crippen molar-refractivity contribution in [2.24, 2.45) is 5.73 Å². The van der Waals surface area contributed by atoms with Crippen LogP contribution in [0.1, 0.15) is 17.2 Å². The lowest BCUT2D eigenvalue weighted by Gasteiger charge is -2.44. The molecule has 2 aliphatic heterocycles. The first-order valence-electron chi connectivity index (χ1n) is 9.93. The number of benzene rings is 2. The lowest BCUT2D eigenvalue weighted by atomic mass is 9.88. The molecule has 0 saturated carbocycles. The first-order chi connectivity index (χ1) is 14.9. The van der Waals surface area contributed by atoms with Crippen LogP contribution >= 0.6 is 0 Å². The summed E-state index contributed by atoms with van der Waals surface area (Å²) in [7, 11) is 4.97. The number of ether oxygens (including phenoxy) is 4. The number of nitrogens with one attached hydrogen (secondary N) is 1. The number of hydrogen-bond acceptors (Lipinski definition) is 6. The number of likely N-dealkylation sites (N-methyl/N-ethyl adjacent to an activating group) is 1. The largest absolute Gasteiger partial charge is 0.497 e. The third-order valence-corrected chi connectivity index (χ3v) is 5.86. The Morgan fingerprint density at radius 3 is 2.58 bits per heavy atom. The molecule has 0 aliphatic carbocycles. The van der Waals surface area contributed by atoms with E-state index in [1.54, 1.807) is 31.4 Å². The van der Waals surface area contributed by atoms with Crippen molar-refractivity contribution in [1.82, 2.24) is 0 Å². The molecule has 2 aromatic carbocycles. The second-order valence-electron chi connectivity index (χ2n) is 7.91. The fourth-order valence-corrected chi connectivity index (χ4v) is 4.43. The molecule has 4 rings (SSSR count). The molecule has 2 amide bonds. The number of fused-ring (bicyclic) bond motifs is 2. The Kier molecular flexibility index (Phi) is 5.36. The highest BCUT2D eigenvalue weighted by Crippen LogP contribution is 2.51. The van der Waals surface area contributed by atoms with E-state index in [-0.39, 0.29) is 23.7 Å². The first-order valence-corrected chi connectivity index (χ1v) is 9.93. The maximum Gasteiger partial charge on any atom is 0.287 e. The molecule has 0 saturated heterocycles. The molecular formula is C22H26N3O6+. The van der Waals surface area contributed by atoms with Crippen LogP contribution in [0.3, 0.4) is 0 Å². The first kappa shape index (κ1) is 20.8. The second kappa shape index (κ2) is 7.99. The van der Waals surface area contributed by atoms with Gasteiger partial charge in [-0.3, -0.25) is 9.59 Å². The molecule has 0 spiro atoms. The van der Waals surface area contributed by atoms with Crippen molar-refractivity contribution >= 4 is 17.5 Å². The molecule has 31 heavy (non-hydrogen) atoms. The van der Waals surface area contributed by atoms with E-state index in [4.69, 9.17) is 24.7 Å². The van der Waals surface area contributed by atoms with Gasteiger partial charge in [-0.1, -0.05) is 0 Å². The van der Waals surface area contributed by atoms with Gasteiger partial charge in [0.15, 0.2) is 24.1 Å². The van der Waals surface area contributed by atoms with Gasteiger partial charge in [-0.2, -0.15) is 0 Å². The van der Waals surface area contributed by atoms with Crippen LogP contribution in [0, 0.1) is 0 Å². The van der Waals surface area contributed by atoms with Gasteiger partial charge >= 0.3 is 0 Å². The Balaban J connectivity index is 1.79. The number of nitrogens with zero attached hydrogens (tertiary/aromatic N) is 1. The zero-order valence-electron chi connectivity index (χ0n) is 17.8. The lowest BCUT2D eigenvalue weighted by Crippen LogP contribution is -2.58. The predicted octanol–water partition coefficient (Wildman–Crippen LogP) is 1.60. The topological polar surface area (TPSA) is 109 Å². The van der Waals surface area contributed by atoms with Crippen molar-refractivity contribution in [2.75, 3.05) is 46.5 Å². The number of carbonyl (C=O) groups is 2. The smallest absolute Gasteiger partial charge is 0.287 e. The summed E-state index contributed by atoms with van der Waals surface area (Å²) in [5.74, 6) is 1.45. The van der Waals surface area contributed by atoms with E-state index in [1.165, 1.54) is 7.11 Å². The van der Waals surface area contributed by atoms with Gasteiger partial charge in [-0.05, 0) is 35.9 Å². The minimum Gasteiger partial charge on any atom is -0.497 e. The Labute approximate surface area is 180 Å². The van der Waals surface area contributed by atoms with Crippen LogP contribution in [0.5, 0.6) is 23.0 Å². The van der Waals surface area contributed by atoms with E-state index in [0.29, 0.717) is 47.2 Å². The number of rotatable bonds is 6. The Bertz CT molecular complexity index is 1020. The summed E-state index contributed by atoms with van der Waals surface area (Å²) < 4.78 is 22.1. The zero-order valence-corrected chi connectivity index (χ0v) is 17.8. The van der Waals surface area contributed by atoms with Crippen LogP contribution in [-0.2, 0) is 16.0 Å². The molecule has 2 heterocycles. The van der Waals surface area contributed by atoms with E-state index in [0.717, 1.165) is 5.56 Å². The Morgan fingerprint density at radius 2 is 1.94 bits per heavy atom. The second-order valence-corrected chi connectivity index (χ2v) is 7.91. The maximum absolute atomic E-state index is 13.6. The Morgan fingerprint density at radius 1 is 1.19 bits per heavy atom. The molecule has 2 aliphatic rings. The van der Waals surface area contributed by atoms with Gasteiger partial charge in [0.05, 0.1) is 33.4 Å². The number of methoxy groups -OCH3 is 2. The molecule has 9 heteroatoms. The average molecular weight is 428 g/mol. The fraction of sp³-hybridized carbons (Fsp3) is 0.364. The highest BCUT2D eigenvalue weighted by molar-refractivity contribution is 5.96. The minimum atomic E-state index is -0.734. The van der Waals surface area contributed by atoms with Crippen molar-refractivity contribution in [3.8, 4) is 23.0 Å². The summed E-state index contributed by atoms with van der Waals surface area (Å²) in [5.41, 5.74) is 7.79. The molecule has 2 aromatic rings. The monoisotopic (exact) mass is 428 g/mol. The molecule has 0 radical (unpaired) electrons. The van der Waals surface area contributed by atoms with Gasteiger partial charge in [0, 0.05) is 12.1 Å². The van der Waals surface area contributed by atoms with Gasteiger partial charge in [-0.25, -0.2) is 0 Å². The molecule has 164 valence electrons. The third kappa shape index (κ3) is 3.72. The number of primary amides is 1. The van der Waals surface area contributed by atoms with Gasteiger partial charge in [0.25, 0.3) is 11.8 Å². The van der Waals surface area contributed by atoms with Crippen LogP contribution < -0.4 is 30.0 Å². The van der Waals surface area contributed by atoms with Crippen molar-refractivity contribution in [1.29, 1.82) is 0 Å². The molecule has 9 nitrogen and oxygen atoms in total. The molecule has 0 bridgehead atoms. The van der Waals surface area contributed by atoms with Gasteiger partial charge < -0.3 is 34.5 Å². The predicted molar refractivity (Wildman–Crippen MR) is 112 cm³/mol. The molecule has 0 aromatic heterocycles. The number of nitrogens with two attached hydrogens (primary N) is 1. The van der Waals surface area contributed by atoms with Crippen LogP contribution in [-0.4, -0.2) is 57.4 Å². The van der Waals surface area contributed by atoms with Gasteiger partial charge in [-0.15, -0.1) is 0 Å². The highest BCUT2D eigenvalue weighted by atomic mass is 16.7. The maximum atomic E-state index is 13.6. The van der Waals surface area contributed by atoms with E-state index < -0.39 is 11.9 Å².